The predicted octanol–water partition coefficient (Wildman–Crippen LogP) is 7.49. The molecule has 442 valence electrons. The minimum absolute atomic E-state index is 0.800. The van der Waals surface area contributed by atoms with Crippen LogP contribution in [-0.2, 0) is 0 Å². The van der Waals surface area contributed by atoms with Crippen LogP contribution in [0.5, 0.6) is 0 Å². The summed E-state index contributed by atoms with van der Waals surface area (Å²) in [6.07, 6.45) is 46.9. The Hall–Kier alpha value is -0.480. The van der Waals surface area contributed by atoms with Gasteiger partial charge < -0.3 is 63.0 Å². The van der Waals surface area contributed by atoms with Crippen LogP contribution in [0.15, 0.2) is 0 Å². The Kier molecular flexibility index (Phi) is 23.4. The Morgan fingerprint density at radius 2 is 0.545 bits per heavy atom. The van der Waals surface area contributed by atoms with Gasteiger partial charge in [-0.05, 0) is 287 Å². The highest BCUT2D eigenvalue weighted by Crippen LogP contribution is 2.36. The minimum atomic E-state index is 0.800. The molecule has 77 heavy (non-hydrogen) atoms. The van der Waals surface area contributed by atoms with E-state index in [1.54, 1.807) is 0 Å². The number of hydrogen-bond acceptors (Lipinski definition) is 12. The van der Waals surface area contributed by atoms with Crippen molar-refractivity contribution in [2.75, 3.05) is 98.2 Å². The third-order valence-electron chi connectivity index (χ3n) is 23.2. The molecule has 20 bridgehead atoms. The third kappa shape index (κ3) is 19.0. The van der Waals surface area contributed by atoms with E-state index in [-0.39, 0.29) is 0 Å². The largest absolute Gasteiger partial charge is 0.316 e. The van der Waals surface area contributed by atoms with Gasteiger partial charge in [-0.15, -0.1) is 0 Å². The summed E-state index contributed by atoms with van der Waals surface area (Å²) in [4.78, 5) is 5.14. The third-order valence-corrected chi connectivity index (χ3v) is 23.2. The van der Waals surface area contributed by atoms with Gasteiger partial charge in [0.05, 0.1) is 0 Å². The molecule has 10 atom stereocenters. The Bertz CT molecular complexity index is 1290. The van der Waals surface area contributed by atoms with Crippen LogP contribution in [0.4, 0.5) is 0 Å². The number of piperazine rings is 2. The van der Waals surface area contributed by atoms with Gasteiger partial charge in [-0.2, -0.15) is 0 Å². The second kappa shape index (κ2) is 30.9. The predicted molar refractivity (Wildman–Crippen MR) is 322 cm³/mol. The molecule has 4 aliphatic carbocycles. The zero-order chi connectivity index (χ0) is 51.9. The van der Waals surface area contributed by atoms with Crippen LogP contribution in [-0.4, -0.2) is 174 Å². The van der Waals surface area contributed by atoms with Gasteiger partial charge in [-0.1, -0.05) is 25.7 Å². The highest BCUT2D eigenvalue weighted by Gasteiger charge is 2.35. The van der Waals surface area contributed by atoms with Gasteiger partial charge in [0.15, 0.2) is 0 Å². The highest BCUT2D eigenvalue weighted by atomic mass is 15.2. The average molecular weight is 1070 g/mol. The Morgan fingerprint density at radius 3 is 0.792 bits per heavy atom. The number of rotatable bonds is 0. The second-order valence-electron chi connectivity index (χ2n) is 29.5. The van der Waals surface area contributed by atoms with Crippen LogP contribution in [0.2, 0.25) is 0 Å². The van der Waals surface area contributed by atoms with Gasteiger partial charge in [0, 0.05) is 99.2 Å². The Morgan fingerprint density at radius 1 is 0.208 bits per heavy atom. The normalized spacial score (nSPS) is 45.8. The second-order valence-corrected chi connectivity index (χ2v) is 29.5. The highest BCUT2D eigenvalue weighted by molar-refractivity contribution is 4.96. The summed E-state index contributed by atoms with van der Waals surface area (Å²) in [5.41, 5.74) is 0. The lowest BCUT2D eigenvalue weighted by molar-refractivity contribution is 0.111. The fourth-order valence-corrected chi connectivity index (χ4v) is 18.1. The van der Waals surface area contributed by atoms with Crippen molar-refractivity contribution in [1.82, 2.24) is 63.0 Å². The zero-order valence-corrected chi connectivity index (χ0v) is 49.5. The lowest BCUT2D eigenvalue weighted by Gasteiger charge is -2.42. The van der Waals surface area contributed by atoms with Crippen molar-refractivity contribution in [2.45, 2.75) is 272 Å². The lowest BCUT2D eigenvalue weighted by atomic mass is 9.72. The number of hydrogen-bond donors (Lipinski definition) is 10. The summed E-state index contributed by atoms with van der Waals surface area (Å²) in [7, 11) is 0. The van der Waals surface area contributed by atoms with Crippen molar-refractivity contribution in [3.05, 3.63) is 0 Å². The maximum absolute atomic E-state index is 3.65. The number of nitrogens with zero attached hydrogens (tertiary/aromatic N) is 2. The first-order chi connectivity index (χ1) is 38.0. The Balaban J connectivity index is 0.0000000911. The summed E-state index contributed by atoms with van der Waals surface area (Å²) in [5.74, 6) is 7.49. The molecule has 10 N–H and O–H groups in total. The fraction of sp³-hybridized carbons (Fsp3) is 1.00. The minimum Gasteiger partial charge on any atom is -0.316 e. The lowest BCUT2D eigenvalue weighted by Crippen LogP contribution is -2.65. The molecule has 4 saturated carbocycles. The molecule has 25 fully saturated rings. The molecule has 0 aromatic rings. The van der Waals surface area contributed by atoms with Gasteiger partial charge in [0.25, 0.3) is 0 Å². The van der Waals surface area contributed by atoms with E-state index in [1.807, 2.05) is 0 Å². The van der Waals surface area contributed by atoms with E-state index in [0.717, 1.165) is 108 Å². The summed E-state index contributed by atoms with van der Waals surface area (Å²) in [6, 6.07) is 9.62. The van der Waals surface area contributed by atoms with Gasteiger partial charge in [0.1, 0.15) is 0 Å². The smallest absolute Gasteiger partial charge is 0.0210 e. The van der Waals surface area contributed by atoms with Crippen molar-refractivity contribution in [3.63, 3.8) is 0 Å². The maximum atomic E-state index is 3.65. The summed E-state index contributed by atoms with van der Waals surface area (Å²) < 4.78 is 0. The van der Waals surface area contributed by atoms with E-state index in [4.69, 9.17) is 0 Å². The molecule has 0 aromatic heterocycles. The van der Waals surface area contributed by atoms with Crippen molar-refractivity contribution in [1.29, 1.82) is 0 Å². The van der Waals surface area contributed by atoms with E-state index in [2.05, 4.69) is 63.0 Å². The first-order valence-corrected chi connectivity index (χ1v) is 34.8. The van der Waals surface area contributed by atoms with Gasteiger partial charge in [-0.25, -0.2) is 0 Å². The molecular weight excluding hydrogens is 949 g/mol. The topological polar surface area (TPSA) is 127 Å². The van der Waals surface area contributed by atoms with Crippen molar-refractivity contribution in [3.8, 4) is 0 Å². The van der Waals surface area contributed by atoms with E-state index < -0.39 is 0 Å². The fourth-order valence-electron chi connectivity index (χ4n) is 18.1. The van der Waals surface area contributed by atoms with Crippen molar-refractivity contribution in [2.24, 2.45) is 41.4 Å². The average Bonchev–Trinajstić information content (AvgIpc) is 4.35. The Labute approximate surface area is 472 Å². The quantitative estimate of drug-likeness (QED) is 0.118. The van der Waals surface area contributed by atoms with Gasteiger partial charge >= 0.3 is 0 Å². The molecule has 21 heterocycles. The molecule has 0 spiro atoms. The van der Waals surface area contributed by atoms with Crippen molar-refractivity contribution >= 4 is 0 Å². The first kappa shape index (κ1) is 58.3. The van der Waals surface area contributed by atoms with Crippen LogP contribution in [0.3, 0.4) is 0 Å². The molecule has 21 saturated heterocycles. The SMILES string of the molecule is C1CC2CC(C1)N2.C1CC2CCC(C1)N2.C1CC2CCC1CN2.C1CC2CCCC(C1)N2.C1CC2CNCC1C2.C1CC2CNCC1N2.C1CN2CCC1C2.C1CN2CCC1CC2.C1NCC2CC1C2.C1NCC2CC1N2. The monoisotopic (exact) mass is 1070 g/mol. The molecular formula is C65H122N12. The molecule has 10 unspecified atom stereocenters. The summed E-state index contributed by atoms with van der Waals surface area (Å²) >= 11 is 0. The van der Waals surface area contributed by atoms with E-state index in [0.29, 0.717) is 0 Å². The molecule has 25 aliphatic rings. The van der Waals surface area contributed by atoms with Crippen LogP contribution in [0.1, 0.15) is 205 Å². The van der Waals surface area contributed by atoms with Crippen LogP contribution in [0, 0.1) is 41.4 Å². The summed E-state index contributed by atoms with van der Waals surface area (Å²) in [6.45, 7) is 19.7. The maximum Gasteiger partial charge on any atom is 0.0210 e. The van der Waals surface area contributed by atoms with E-state index in [9.17, 15) is 0 Å². The molecule has 12 heteroatoms. The van der Waals surface area contributed by atoms with Crippen LogP contribution in [0.25, 0.3) is 0 Å². The van der Waals surface area contributed by atoms with Crippen LogP contribution >= 0.6 is 0 Å². The van der Waals surface area contributed by atoms with Gasteiger partial charge in [0.2, 0.25) is 0 Å². The van der Waals surface area contributed by atoms with Gasteiger partial charge in [-0.3, -0.25) is 0 Å². The number of fused-ring (bicyclic) bond motifs is 22. The van der Waals surface area contributed by atoms with E-state index >= 15 is 0 Å². The molecule has 21 aliphatic heterocycles. The number of piperidine rings is 14. The van der Waals surface area contributed by atoms with Crippen molar-refractivity contribution < 1.29 is 0 Å². The molecule has 0 amide bonds. The van der Waals surface area contributed by atoms with E-state index in [1.165, 1.54) is 304 Å². The summed E-state index contributed by atoms with van der Waals surface area (Å²) in [5, 5.41) is 34.7. The number of nitrogens with one attached hydrogen (secondary N) is 10. The zero-order valence-electron chi connectivity index (χ0n) is 49.5. The molecule has 0 radical (unpaired) electrons. The first-order valence-electron chi connectivity index (χ1n) is 34.8. The molecule has 12 nitrogen and oxygen atoms in total. The molecule has 0 aromatic carbocycles. The standard InChI is InChI=1S/C8H15N.4C7H13N.C6H12N2.3C6H11N.C5H10N2/c1-3-7-5-2-6-8(4-1)9-7;1-4-8-5-2-7(1)3-6-8;1-3-7-4-2-6(1)5-8-7;1-2-7-3-6(1)4-8-5-7;1-2-6-4-5-7(3-1)8-6;1-2-6-4-7-3-5(1)8-6;1-5-2-6(1)4-7-3-5;1-3-7-4-2-6(1)5-7;1-2-5-4-6(3-1)7-5;1-4-2-6-3-5(1)7-4/h7-9H,1-6H2;7H,1-6H2;3*6-8H,1-5H2;5-8H,1-4H2;5-7H,1-4H2;6H,1-5H2;5-7H,1-4H2;4-7H,1-3H2. The van der Waals surface area contributed by atoms with Crippen LogP contribution < -0.4 is 53.2 Å². The molecule has 25 rings (SSSR count).